The number of halogens is 1. The molecule has 19 heavy (non-hydrogen) atoms. The molecule has 0 amide bonds. The highest BCUT2D eigenvalue weighted by atomic mass is 79.9. The molecule has 0 aliphatic heterocycles. The molecular formula is C13H16BrN3O2. The third-order valence-corrected chi connectivity index (χ3v) is 3.48. The first kappa shape index (κ1) is 14.0. The number of hydrogen-bond donors (Lipinski definition) is 4. The van der Waals surface area contributed by atoms with Crippen molar-refractivity contribution in [1.29, 1.82) is 0 Å². The van der Waals surface area contributed by atoms with E-state index in [0.29, 0.717) is 11.4 Å². The van der Waals surface area contributed by atoms with Crippen molar-refractivity contribution in [3.63, 3.8) is 0 Å². The lowest BCUT2D eigenvalue weighted by Gasteiger charge is -2.28. The zero-order chi connectivity index (χ0) is 14.0. The minimum Gasteiger partial charge on any atom is -0.396 e. The second-order valence-electron chi connectivity index (χ2n) is 4.75. The number of nitrogen functional groups attached to an aromatic ring is 1. The van der Waals surface area contributed by atoms with Gasteiger partial charge in [0, 0.05) is 9.86 Å². The second-order valence-corrected chi connectivity index (χ2v) is 5.67. The van der Waals surface area contributed by atoms with Crippen LogP contribution in [0.4, 0.5) is 11.4 Å². The van der Waals surface area contributed by atoms with Gasteiger partial charge in [0.05, 0.1) is 41.8 Å². The van der Waals surface area contributed by atoms with Gasteiger partial charge in [-0.3, -0.25) is 4.98 Å². The van der Waals surface area contributed by atoms with E-state index in [-0.39, 0.29) is 13.2 Å². The Morgan fingerprint density at radius 2 is 2.05 bits per heavy atom. The molecule has 0 bridgehead atoms. The van der Waals surface area contributed by atoms with Gasteiger partial charge in [-0.1, -0.05) is 15.9 Å². The molecule has 2 rings (SSSR count). The van der Waals surface area contributed by atoms with Crippen LogP contribution >= 0.6 is 15.9 Å². The summed E-state index contributed by atoms with van der Waals surface area (Å²) in [6, 6.07) is 5.67. The quantitative estimate of drug-likeness (QED) is 0.687. The Bertz CT molecular complexity index is 594. The molecule has 0 unspecified atom stereocenters. The van der Waals surface area contributed by atoms with E-state index < -0.39 is 5.54 Å². The molecule has 1 aromatic heterocycles. The van der Waals surface area contributed by atoms with E-state index >= 15 is 0 Å². The van der Waals surface area contributed by atoms with E-state index in [1.54, 1.807) is 13.1 Å². The normalized spacial score (nSPS) is 11.8. The van der Waals surface area contributed by atoms with Gasteiger partial charge in [0.15, 0.2) is 0 Å². The van der Waals surface area contributed by atoms with Crippen molar-refractivity contribution in [2.75, 3.05) is 24.3 Å². The van der Waals surface area contributed by atoms with Crippen molar-refractivity contribution in [3.8, 4) is 0 Å². The molecular weight excluding hydrogens is 310 g/mol. The maximum Gasteiger partial charge on any atom is 0.0807 e. The molecule has 1 aromatic carbocycles. The highest BCUT2D eigenvalue weighted by molar-refractivity contribution is 9.10. The number of pyridine rings is 1. The summed E-state index contributed by atoms with van der Waals surface area (Å²) in [6.07, 6.45) is 1.56. The monoisotopic (exact) mass is 325 g/mol. The average molecular weight is 326 g/mol. The van der Waals surface area contributed by atoms with Crippen LogP contribution < -0.4 is 11.1 Å². The van der Waals surface area contributed by atoms with Crippen LogP contribution in [-0.4, -0.2) is 33.9 Å². The molecule has 0 saturated carbocycles. The fourth-order valence-corrected chi connectivity index (χ4v) is 2.11. The second kappa shape index (κ2) is 5.32. The number of rotatable bonds is 4. The molecule has 0 radical (unpaired) electrons. The molecule has 0 spiro atoms. The number of nitrogens with zero attached hydrogens (tertiary/aromatic N) is 1. The lowest BCUT2D eigenvalue weighted by atomic mass is 10.0. The summed E-state index contributed by atoms with van der Waals surface area (Å²) in [4.78, 5) is 4.25. The van der Waals surface area contributed by atoms with E-state index in [0.717, 1.165) is 15.4 Å². The Labute approximate surface area is 119 Å². The first-order valence-corrected chi connectivity index (χ1v) is 6.62. The zero-order valence-corrected chi connectivity index (χ0v) is 12.1. The first-order chi connectivity index (χ1) is 8.99. The third kappa shape index (κ3) is 2.80. The SMILES string of the molecule is CC(CO)(CO)Nc1c(N)cnc2ccc(Br)cc12. The Hall–Kier alpha value is -1.37. The molecule has 0 aliphatic carbocycles. The number of anilines is 2. The van der Waals surface area contributed by atoms with E-state index in [4.69, 9.17) is 5.73 Å². The summed E-state index contributed by atoms with van der Waals surface area (Å²) in [7, 11) is 0. The topological polar surface area (TPSA) is 91.4 Å². The van der Waals surface area contributed by atoms with Gasteiger partial charge in [-0.2, -0.15) is 0 Å². The largest absolute Gasteiger partial charge is 0.396 e. The molecule has 5 nitrogen and oxygen atoms in total. The van der Waals surface area contributed by atoms with Gasteiger partial charge in [0.1, 0.15) is 0 Å². The van der Waals surface area contributed by atoms with Crippen molar-refractivity contribution in [1.82, 2.24) is 4.98 Å². The summed E-state index contributed by atoms with van der Waals surface area (Å²) >= 11 is 3.41. The summed E-state index contributed by atoms with van der Waals surface area (Å²) in [5.74, 6) is 0. The van der Waals surface area contributed by atoms with E-state index in [1.807, 2.05) is 18.2 Å². The zero-order valence-electron chi connectivity index (χ0n) is 10.5. The molecule has 6 heteroatoms. The summed E-state index contributed by atoms with van der Waals surface area (Å²) in [6.45, 7) is 1.30. The smallest absolute Gasteiger partial charge is 0.0807 e. The van der Waals surface area contributed by atoms with Crippen LogP contribution in [0, 0.1) is 0 Å². The van der Waals surface area contributed by atoms with Crippen molar-refractivity contribution in [2.24, 2.45) is 0 Å². The minimum atomic E-state index is -0.843. The van der Waals surface area contributed by atoms with Crippen LogP contribution in [0.5, 0.6) is 0 Å². The minimum absolute atomic E-state index is 0.208. The summed E-state index contributed by atoms with van der Waals surface area (Å²) in [5, 5.41) is 22.7. The predicted molar refractivity (Wildman–Crippen MR) is 80.1 cm³/mol. The van der Waals surface area contributed by atoms with Gasteiger partial charge in [-0.05, 0) is 25.1 Å². The van der Waals surface area contributed by atoms with E-state index in [1.165, 1.54) is 0 Å². The molecule has 5 N–H and O–H groups in total. The number of aromatic nitrogens is 1. The third-order valence-electron chi connectivity index (χ3n) is 2.98. The van der Waals surface area contributed by atoms with Crippen LogP contribution in [-0.2, 0) is 0 Å². The van der Waals surface area contributed by atoms with E-state index in [2.05, 4.69) is 26.2 Å². The fraction of sp³-hybridized carbons (Fsp3) is 0.308. The Balaban J connectivity index is 2.58. The Kier molecular flexibility index (Phi) is 3.93. The lowest BCUT2D eigenvalue weighted by Crippen LogP contribution is -2.42. The molecule has 0 atom stereocenters. The van der Waals surface area contributed by atoms with Gasteiger partial charge in [0.2, 0.25) is 0 Å². The fourth-order valence-electron chi connectivity index (χ4n) is 1.75. The van der Waals surface area contributed by atoms with Crippen molar-refractivity contribution < 1.29 is 10.2 Å². The highest BCUT2D eigenvalue weighted by Crippen LogP contribution is 2.32. The lowest BCUT2D eigenvalue weighted by molar-refractivity contribution is 0.147. The van der Waals surface area contributed by atoms with Crippen molar-refractivity contribution in [3.05, 3.63) is 28.9 Å². The average Bonchev–Trinajstić information content (AvgIpc) is 2.42. The summed E-state index contributed by atoms with van der Waals surface area (Å²) < 4.78 is 0.908. The van der Waals surface area contributed by atoms with Crippen molar-refractivity contribution >= 4 is 38.2 Å². The van der Waals surface area contributed by atoms with Crippen LogP contribution in [0.1, 0.15) is 6.92 Å². The molecule has 0 saturated heterocycles. The number of nitrogens with two attached hydrogens (primary N) is 1. The standard InChI is InChI=1S/C13H16BrN3O2/c1-13(6-18,7-19)17-12-9-4-8(14)2-3-11(9)16-5-10(12)15/h2-5,18-19H,6-7,15H2,1H3,(H,16,17). The van der Waals surface area contributed by atoms with Crippen LogP contribution in [0.3, 0.4) is 0 Å². The maximum absolute atomic E-state index is 9.38. The molecule has 1 heterocycles. The Morgan fingerprint density at radius 1 is 1.37 bits per heavy atom. The number of aliphatic hydroxyl groups is 2. The number of fused-ring (bicyclic) bond motifs is 1. The predicted octanol–water partition coefficient (Wildman–Crippen LogP) is 1.73. The highest BCUT2D eigenvalue weighted by Gasteiger charge is 2.24. The van der Waals surface area contributed by atoms with Crippen LogP contribution in [0.25, 0.3) is 10.9 Å². The van der Waals surface area contributed by atoms with Crippen molar-refractivity contribution in [2.45, 2.75) is 12.5 Å². The number of hydrogen-bond acceptors (Lipinski definition) is 5. The Morgan fingerprint density at radius 3 is 2.68 bits per heavy atom. The van der Waals surface area contributed by atoms with Gasteiger partial charge >= 0.3 is 0 Å². The van der Waals surface area contributed by atoms with Crippen LogP contribution in [0.15, 0.2) is 28.9 Å². The number of benzene rings is 1. The first-order valence-electron chi connectivity index (χ1n) is 5.83. The van der Waals surface area contributed by atoms with Gasteiger partial charge < -0.3 is 21.3 Å². The molecule has 0 fully saturated rings. The van der Waals surface area contributed by atoms with Gasteiger partial charge in [0.25, 0.3) is 0 Å². The maximum atomic E-state index is 9.38. The van der Waals surface area contributed by atoms with Gasteiger partial charge in [-0.25, -0.2) is 0 Å². The number of aliphatic hydroxyl groups excluding tert-OH is 2. The van der Waals surface area contributed by atoms with Crippen LogP contribution in [0.2, 0.25) is 0 Å². The van der Waals surface area contributed by atoms with Gasteiger partial charge in [-0.15, -0.1) is 0 Å². The molecule has 0 aliphatic rings. The number of nitrogens with one attached hydrogen (secondary N) is 1. The molecule has 102 valence electrons. The summed E-state index contributed by atoms with van der Waals surface area (Å²) in [5.41, 5.74) is 7.03. The molecule has 2 aromatic rings. The van der Waals surface area contributed by atoms with E-state index in [9.17, 15) is 10.2 Å².